The number of non-ortho nitro benzene ring substituents is 1. The molecule has 0 aliphatic heterocycles. The first kappa shape index (κ1) is 17.4. The van der Waals surface area contributed by atoms with Crippen molar-refractivity contribution in [2.75, 3.05) is 0 Å². The number of aromatic amines is 1. The number of carbonyl (C=O) groups excluding carboxylic acids is 1. The van der Waals surface area contributed by atoms with Crippen LogP contribution in [0.3, 0.4) is 0 Å². The lowest BCUT2D eigenvalue weighted by Crippen LogP contribution is -1.96. The van der Waals surface area contributed by atoms with Gasteiger partial charge in [-0.2, -0.15) is 0 Å². The van der Waals surface area contributed by atoms with Gasteiger partial charge in [-0.25, -0.2) is 0 Å². The van der Waals surface area contributed by atoms with Crippen LogP contribution in [-0.4, -0.2) is 15.7 Å². The van der Waals surface area contributed by atoms with Gasteiger partial charge in [-0.05, 0) is 23.8 Å². The molecule has 0 aliphatic carbocycles. The fourth-order valence-electron chi connectivity index (χ4n) is 3.20. The number of allylic oxidation sites excluding steroid dienone is 1. The Balaban J connectivity index is 1.76. The number of nitrogens with zero attached hydrogens (tertiary/aromatic N) is 1. The summed E-state index contributed by atoms with van der Waals surface area (Å²) < 4.78 is 0. The number of carbonyl (C=O) groups is 1. The Hall–Kier alpha value is -3.99. The molecule has 0 saturated heterocycles. The Bertz CT molecular complexity index is 1210. The van der Waals surface area contributed by atoms with Crippen LogP contribution in [0.4, 0.5) is 5.69 Å². The molecule has 5 heteroatoms. The van der Waals surface area contributed by atoms with Gasteiger partial charge in [0.25, 0.3) is 5.69 Å². The van der Waals surface area contributed by atoms with Crippen LogP contribution in [0.15, 0.2) is 84.9 Å². The zero-order valence-electron chi connectivity index (χ0n) is 14.8. The summed E-state index contributed by atoms with van der Waals surface area (Å²) in [6, 6.07) is 23.5. The molecule has 0 bridgehead atoms. The van der Waals surface area contributed by atoms with Crippen molar-refractivity contribution in [3.8, 4) is 11.3 Å². The summed E-state index contributed by atoms with van der Waals surface area (Å²) in [5.74, 6) is -0.284. The van der Waals surface area contributed by atoms with E-state index in [4.69, 9.17) is 0 Å². The quantitative estimate of drug-likeness (QED) is 0.214. The van der Waals surface area contributed by atoms with Crippen molar-refractivity contribution in [3.05, 3.63) is 106 Å². The molecule has 28 heavy (non-hydrogen) atoms. The molecule has 1 heterocycles. The Morgan fingerprint density at radius 3 is 2.46 bits per heavy atom. The van der Waals surface area contributed by atoms with Crippen molar-refractivity contribution in [1.29, 1.82) is 0 Å². The first-order valence-electron chi connectivity index (χ1n) is 8.76. The molecule has 1 N–H and O–H groups in total. The van der Waals surface area contributed by atoms with E-state index in [0.717, 1.165) is 27.7 Å². The lowest BCUT2D eigenvalue weighted by atomic mass is 10.0. The zero-order chi connectivity index (χ0) is 19.5. The van der Waals surface area contributed by atoms with E-state index in [1.54, 1.807) is 12.1 Å². The van der Waals surface area contributed by atoms with Gasteiger partial charge >= 0.3 is 0 Å². The smallest absolute Gasteiger partial charge is 0.270 e. The lowest BCUT2D eigenvalue weighted by molar-refractivity contribution is -0.384. The number of benzene rings is 3. The zero-order valence-corrected chi connectivity index (χ0v) is 14.8. The van der Waals surface area contributed by atoms with Crippen LogP contribution in [0.25, 0.3) is 28.2 Å². The number of ketones is 1. The van der Waals surface area contributed by atoms with E-state index < -0.39 is 4.92 Å². The number of nitro groups is 1. The number of para-hydroxylation sites is 1. The van der Waals surface area contributed by atoms with E-state index in [1.807, 2.05) is 54.6 Å². The van der Waals surface area contributed by atoms with Crippen molar-refractivity contribution in [1.82, 2.24) is 4.98 Å². The topological polar surface area (TPSA) is 76.0 Å². The Morgan fingerprint density at radius 1 is 0.929 bits per heavy atom. The second kappa shape index (κ2) is 7.32. The largest absolute Gasteiger partial charge is 0.354 e. The summed E-state index contributed by atoms with van der Waals surface area (Å²) >= 11 is 0. The number of nitrogens with one attached hydrogen (secondary N) is 1. The maximum atomic E-state index is 12.6. The van der Waals surface area contributed by atoms with Crippen molar-refractivity contribution < 1.29 is 9.72 Å². The lowest BCUT2D eigenvalue weighted by Gasteiger charge is -2.01. The SMILES string of the molecule is O=C(/C=C\c1c(-c2ccccc2)[nH]c2ccccc12)c1cccc([N+](=O)[O-])c1. The van der Waals surface area contributed by atoms with Crippen LogP contribution in [-0.2, 0) is 0 Å². The molecule has 1 aromatic heterocycles. The molecular formula is C23H16N2O3. The molecule has 5 nitrogen and oxygen atoms in total. The number of aromatic nitrogens is 1. The molecule has 0 unspecified atom stereocenters. The summed E-state index contributed by atoms with van der Waals surface area (Å²) in [7, 11) is 0. The number of nitro benzene ring substituents is 1. The van der Waals surface area contributed by atoms with Gasteiger partial charge in [0.1, 0.15) is 0 Å². The molecule has 4 aromatic rings. The highest BCUT2D eigenvalue weighted by atomic mass is 16.6. The van der Waals surface area contributed by atoms with Gasteiger partial charge in [-0.1, -0.05) is 60.7 Å². The van der Waals surface area contributed by atoms with Crippen LogP contribution in [0.2, 0.25) is 0 Å². The van der Waals surface area contributed by atoms with Crippen LogP contribution < -0.4 is 0 Å². The second-order valence-corrected chi connectivity index (χ2v) is 6.33. The first-order chi connectivity index (χ1) is 13.6. The highest BCUT2D eigenvalue weighted by Gasteiger charge is 2.12. The maximum absolute atomic E-state index is 12.6. The van der Waals surface area contributed by atoms with Gasteiger partial charge in [0.15, 0.2) is 5.78 Å². The van der Waals surface area contributed by atoms with Crippen molar-refractivity contribution in [3.63, 3.8) is 0 Å². The summed E-state index contributed by atoms with van der Waals surface area (Å²) in [5, 5.41) is 11.9. The number of hydrogen-bond acceptors (Lipinski definition) is 3. The summed E-state index contributed by atoms with van der Waals surface area (Å²) in [5.41, 5.74) is 4.00. The number of hydrogen-bond donors (Lipinski definition) is 1. The summed E-state index contributed by atoms with van der Waals surface area (Å²) in [6.07, 6.45) is 3.23. The van der Waals surface area contributed by atoms with E-state index in [2.05, 4.69) is 4.98 Å². The normalized spacial score (nSPS) is 11.1. The fraction of sp³-hybridized carbons (Fsp3) is 0. The van der Waals surface area contributed by atoms with Gasteiger partial charge in [-0.15, -0.1) is 0 Å². The standard InChI is InChI=1S/C23H16N2O3/c26-22(17-9-6-10-18(15-17)25(27)28)14-13-20-19-11-4-5-12-21(19)24-23(20)16-7-2-1-3-8-16/h1-15,24H/b14-13-. The van der Waals surface area contributed by atoms with E-state index in [9.17, 15) is 14.9 Å². The Morgan fingerprint density at radius 2 is 1.68 bits per heavy atom. The Labute approximate surface area is 161 Å². The second-order valence-electron chi connectivity index (χ2n) is 6.33. The van der Waals surface area contributed by atoms with Gasteiger partial charge in [-0.3, -0.25) is 14.9 Å². The monoisotopic (exact) mass is 368 g/mol. The van der Waals surface area contributed by atoms with Crippen LogP contribution in [0.1, 0.15) is 15.9 Å². The summed E-state index contributed by atoms with van der Waals surface area (Å²) in [4.78, 5) is 26.4. The fourth-order valence-corrected chi connectivity index (χ4v) is 3.20. The highest BCUT2D eigenvalue weighted by Crippen LogP contribution is 2.31. The average molecular weight is 368 g/mol. The molecule has 3 aromatic carbocycles. The molecule has 136 valence electrons. The van der Waals surface area contributed by atoms with Crippen LogP contribution in [0, 0.1) is 10.1 Å². The third-order valence-corrected chi connectivity index (χ3v) is 4.55. The molecule has 0 amide bonds. The predicted octanol–water partition coefficient (Wildman–Crippen LogP) is 5.64. The van der Waals surface area contributed by atoms with Crippen molar-refractivity contribution >= 4 is 28.4 Å². The molecule has 0 saturated carbocycles. The van der Waals surface area contributed by atoms with E-state index >= 15 is 0 Å². The summed E-state index contributed by atoms with van der Waals surface area (Å²) in [6.45, 7) is 0. The van der Waals surface area contributed by atoms with Crippen molar-refractivity contribution in [2.24, 2.45) is 0 Å². The number of rotatable bonds is 5. The van der Waals surface area contributed by atoms with Gasteiger partial charge in [0.2, 0.25) is 0 Å². The van der Waals surface area contributed by atoms with Gasteiger partial charge < -0.3 is 4.98 Å². The minimum Gasteiger partial charge on any atom is -0.354 e. The molecule has 4 rings (SSSR count). The Kier molecular flexibility index (Phi) is 4.56. The minimum atomic E-state index is -0.506. The highest BCUT2D eigenvalue weighted by molar-refractivity contribution is 6.09. The van der Waals surface area contributed by atoms with Crippen LogP contribution in [0.5, 0.6) is 0 Å². The van der Waals surface area contributed by atoms with Gasteiger partial charge in [0, 0.05) is 34.2 Å². The minimum absolute atomic E-state index is 0.101. The van der Waals surface area contributed by atoms with E-state index in [0.29, 0.717) is 0 Å². The van der Waals surface area contributed by atoms with Gasteiger partial charge in [0.05, 0.1) is 10.6 Å². The maximum Gasteiger partial charge on any atom is 0.270 e. The van der Waals surface area contributed by atoms with Crippen molar-refractivity contribution in [2.45, 2.75) is 0 Å². The average Bonchev–Trinajstić information content (AvgIpc) is 3.11. The predicted molar refractivity (Wildman–Crippen MR) is 110 cm³/mol. The molecule has 0 radical (unpaired) electrons. The molecular weight excluding hydrogens is 352 g/mol. The molecule has 0 atom stereocenters. The number of fused-ring (bicyclic) bond motifs is 1. The third-order valence-electron chi connectivity index (χ3n) is 4.55. The number of H-pyrrole nitrogens is 1. The third kappa shape index (κ3) is 3.33. The first-order valence-corrected chi connectivity index (χ1v) is 8.76. The molecule has 0 fully saturated rings. The van der Waals surface area contributed by atoms with E-state index in [1.165, 1.54) is 24.3 Å². The molecule has 0 spiro atoms. The van der Waals surface area contributed by atoms with Crippen LogP contribution >= 0.6 is 0 Å². The van der Waals surface area contributed by atoms with E-state index in [-0.39, 0.29) is 17.0 Å². The molecule has 0 aliphatic rings.